The second-order valence-corrected chi connectivity index (χ2v) is 7.29. The third-order valence-electron chi connectivity index (χ3n) is 4.69. The van der Waals surface area contributed by atoms with E-state index in [1.54, 1.807) is 24.8 Å². The van der Waals surface area contributed by atoms with Crippen LogP contribution in [0.15, 0.2) is 48.5 Å². The van der Waals surface area contributed by atoms with Crippen molar-refractivity contribution in [2.24, 2.45) is 0 Å². The SMILES string of the molecule is CC(NCC(=O)N1c2ccccc2NC(=O)C1(C)C)c1ccccc1Cl. The monoisotopic (exact) mass is 371 g/mol. The molecule has 0 fully saturated rings. The number of rotatable bonds is 4. The fraction of sp³-hybridized carbons (Fsp3) is 0.300. The van der Waals surface area contributed by atoms with Crippen LogP contribution in [0.25, 0.3) is 0 Å². The van der Waals surface area contributed by atoms with Crippen molar-refractivity contribution in [2.45, 2.75) is 32.4 Å². The molecule has 5 nitrogen and oxygen atoms in total. The van der Waals surface area contributed by atoms with Gasteiger partial charge in [-0.3, -0.25) is 14.5 Å². The maximum absolute atomic E-state index is 13.0. The Morgan fingerprint density at radius 3 is 2.58 bits per heavy atom. The molecule has 3 rings (SSSR count). The summed E-state index contributed by atoms with van der Waals surface area (Å²) in [7, 11) is 0. The molecule has 1 aliphatic heterocycles. The van der Waals surface area contributed by atoms with Crippen LogP contribution >= 0.6 is 11.6 Å². The van der Waals surface area contributed by atoms with Crippen molar-refractivity contribution in [1.29, 1.82) is 0 Å². The minimum Gasteiger partial charge on any atom is -0.322 e. The van der Waals surface area contributed by atoms with E-state index in [0.29, 0.717) is 16.4 Å². The van der Waals surface area contributed by atoms with Crippen LogP contribution in [0.4, 0.5) is 11.4 Å². The second kappa shape index (κ2) is 7.09. The zero-order valence-corrected chi connectivity index (χ0v) is 15.8. The van der Waals surface area contributed by atoms with Gasteiger partial charge in [-0.25, -0.2) is 0 Å². The molecule has 0 aromatic heterocycles. The molecule has 2 N–H and O–H groups in total. The number of hydrogen-bond acceptors (Lipinski definition) is 3. The molecule has 0 radical (unpaired) electrons. The average molecular weight is 372 g/mol. The summed E-state index contributed by atoms with van der Waals surface area (Å²) in [5, 5.41) is 6.73. The van der Waals surface area contributed by atoms with Gasteiger partial charge in [0.1, 0.15) is 5.54 Å². The van der Waals surface area contributed by atoms with Crippen LogP contribution in [0.3, 0.4) is 0 Å². The number of fused-ring (bicyclic) bond motifs is 1. The van der Waals surface area contributed by atoms with E-state index in [1.165, 1.54) is 0 Å². The quantitative estimate of drug-likeness (QED) is 0.860. The van der Waals surface area contributed by atoms with E-state index < -0.39 is 5.54 Å². The second-order valence-electron chi connectivity index (χ2n) is 6.88. The van der Waals surface area contributed by atoms with Crippen LogP contribution in [0, 0.1) is 0 Å². The van der Waals surface area contributed by atoms with E-state index in [1.807, 2.05) is 49.4 Å². The van der Waals surface area contributed by atoms with Gasteiger partial charge < -0.3 is 10.6 Å². The molecule has 136 valence electrons. The molecule has 1 atom stereocenters. The molecule has 1 heterocycles. The number of carbonyl (C=O) groups excluding carboxylic acids is 2. The molecule has 2 amide bonds. The molecule has 2 aromatic rings. The van der Waals surface area contributed by atoms with Gasteiger partial charge in [-0.1, -0.05) is 41.9 Å². The van der Waals surface area contributed by atoms with Crippen LogP contribution in [0.2, 0.25) is 5.02 Å². The number of hydrogen-bond donors (Lipinski definition) is 2. The summed E-state index contributed by atoms with van der Waals surface area (Å²) < 4.78 is 0. The molecule has 0 spiro atoms. The third kappa shape index (κ3) is 3.32. The number of anilines is 2. The Morgan fingerprint density at radius 2 is 1.85 bits per heavy atom. The molecule has 0 saturated heterocycles. The van der Waals surface area contributed by atoms with Crippen LogP contribution in [0.1, 0.15) is 32.4 Å². The van der Waals surface area contributed by atoms with E-state index in [-0.39, 0.29) is 24.4 Å². The molecule has 26 heavy (non-hydrogen) atoms. The highest BCUT2D eigenvalue weighted by Gasteiger charge is 2.43. The summed E-state index contributed by atoms with van der Waals surface area (Å²) in [5.74, 6) is -0.375. The van der Waals surface area contributed by atoms with Gasteiger partial charge in [0.05, 0.1) is 17.9 Å². The number of halogens is 1. The van der Waals surface area contributed by atoms with Crippen molar-refractivity contribution in [3.05, 3.63) is 59.1 Å². The number of nitrogens with one attached hydrogen (secondary N) is 2. The van der Waals surface area contributed by atoms with Gasteiger partial charge >= 0.3 is 0 Å². The molecule has 1 unspecified atom stereocenters. The Morgan fingerprint density at radius 1 is 1.19 bits per heavy atom. The highest BCUT2D eigenvalue weighted by molar-refractivity contribution is 6.31. The van der Waals surface area contributed by atoms with Crippen molar-refractivity contribution in [3.8, 4) is 0 Å². The standard InChI is InChI=1S/C20H22ClN3O2/c1-13(14-8-4-5-9-15(14)21)22-12-18(25)24-17-11-7-6-10-16(17)23-19(26)20(24,2)3/h4-11,13,22H,12H2,1-3H3,(H,23,26). The van der Waals surface area contributed by atoms with Crippen LogP contribution in [-0.4, -0.2) is 23.9 Å². The van der Waals surface area contributed by atoms with Gasteiger partial charge in [-0.15, -0.1) is 0 Å². The molecule has 0 aliphatic carbocycles. The number of benzene rings is 2. The van der Waals surface area contributed by atoms with E-state index in [4.69, 9.17) is 11.6 Å². The molecule has 1 aliphatic rings. The highest BCUT2D eigenvalue weighted by atomic mass is 35.5. The highest BCUT2D eigenvalue weighted by Crippen LogP contribution is 2.36. The summed E-state index contributed by atoms with van der Waals surface area (Å²) >= 11 is 6.23. The van der Waals surface area contributed by atoms with E-state index in [0.717, 1.165) is 5.56 Å². The lowest BCUT2D eigenvalue weighted by Crippen LogP contribution is -2.60. The summed E-state index contributed by atoms with van der Waals surface area (Å²) in [5.41, 5.74) is 1.30. The minimum absolute atomic E-state index is 0.0929. The Labute approximate surface area is 158 Å². The van der Waals surface area contributed by atoms with E-state index in [2.05, 4.69) is 10.6 Å². The van der Waals surface area contributed by atoms with Crippen molar-refractivity contribution < 1.29 is 9.59 Å². The topological polar surface area (TPSA) is 61.4 Å². The van der Waals surface area contributed by atoms with Gasteiger partial charge in [0, 0.05) is 11.1 Å². The van der Waals surface area contributed by atoms with Crippen molar-refractivity contribution >= 4 is 34.8 Å². The zero-order chi connectivity index (χ0) is 18.9. The van der Waals surface area contributed by atoms with Crippen molar-refractivity contribution in [3.63, 3.8) is 0 Å². The minimum atomic E-state index is -0.971. The van der Waals surface area contributed by atoms with Gasteiger partial charge in [-0.2, -0.15) is 0 Å². The van der Waals surface area contributed by atoms with Crippen LogP contribution in [0.5, 0.6) is 0 Å². The first-order valence-electron chi connectivity index (χ1n) is 8.53. The zero-order valence-electron chi connectivity index (χ0n) is 15.0. The van der Waals surface area contributed by atoms with Gasteiger partial charge in [0.25, 0.3) is 0 Å². The number of para-hydroxylation sites is 2. The number of nitrogens with zero attached hydrogens (tertiary/aromatic N) is 1. The molecule has 0 saturated carbocycles. The fourth-order valence-electron chi connectivity index (χ4n) is 3.15. The summed E-state index contributed by atoms with van der Waals surface area (Å²) in [4.78, 5) is 27.0. The predicted molar refractivity (Wildman–Crippen MR) is 105 cm³/mol. The molecular weight excluding hydrogens is 350 g/mol. The van der Waals surface area contributed by atoms with E-state index >= 15 is 0 Å². The summed E-state index contributed by atoms with van der Waals surface area (Å²) in [6.07, 6.45) is 0. The Hall–Kier alpha value is -2.37. The maximum atomic E-state index is 13.0. The van der Waals surface area contributed by atoms with E-state index in [9.17, 15) is 9.59 Å². The van der Waals surface area contributed by atoms with Crippen molar-refractivity contribution in [2.75, 3.05) is 16.8 Å². The smallest absolute Gasteiger partial charge is 0.250 e. The first-order valence-corrected chi connectivity index (χ1v) is 8.91. The lowest BCUT2D eigenvalue weighted by Gasteiger charge is -2.42. The largest absolute Gasteiger partial charge is 0.322 e. The maximum Gasteiger partial charge on any atom is 0.250 e. The van der Waals surface area contributed by atoms with Crippen molar-refractivity contribution in [1.82, 2.24) is 5.32 Å². The fourth-order valence-corrected chi connectivity index (χ4v) is 3.45. The first-order chi connectivity index (χ1) is 12.3. The summed E-state index contributed by atoms with van der Waals surface area (Å²) in [6, 6.07) is 14.8. The first kappa shape index (κ1) is 18.4. The van der Waals surface area contributed by atoms with Gasteiger partial charge in [-0.05, 0) is 44.5 Å². The molecule has 6 heteroatoms. The summed E-state index contributed by atoms with van der Waals surface area (Å²) in [6.45, 7) is 5.54. The molecule has 2 aromatic carbocycles. The number of amides is 2. The molecular formula is C20H22ClN3O2. The van der Waals surface area contributed by atoms with Crippen LogP contribution in [-0.2, 0) is 9.59 Å². The Bertz CT molecular complexity index is 850. The third-order valence-corrected chi connectivity index (χ3v) is 5.03. The molecule has 0 bridgehead atoms. The van der Waals surface area contributed by atoms with Crippen LogP contribution < -0.4 is 15.5 Å². The Kier molecular flexibility index (Phi) is 5.03. The lowest BCUT2D eigenvalue weighted by atomic mass is 9.96. The van der Waals surface area contributed by atoms with Gasteiger partial charge in [0.15, 0.2) is 0 Å². The lowest BCUT2D eigenvalue weighted by molar-refractivity contribution is -0.126. The average Bonchev–Trinajstić information content (AvgIpc) is 2.60. The predicted octanol–water partition coefficient (Wildman–Crippen LogP) is 3.75. The van der Waals surface area contributed by atoms with Gasteiger partial charge in [0.2, 0.25) is 11.8 Å². The normalized spacial score (nSPS) is 16.6. The number of carbonyl (C=O) groups is 2. The Balaban J connectivity index is 1.80.